The maximum Gasteiger partial charge on any atom is 0.359 e. The third-order valence-corrected chi connectivity index (χ3v) is 2.55. The second kappa shape index (κ2) is 4.37. The van der Waals surface area contributed by atoms with Gasteiger partial charge in [0.2, 0.25) is 0 Å². The van der Waals surface area contributed by atoms with E-state index in [9.17, 15) is 9.59 Å². The maximum atomic E-state index is 12.0. The molecule has 0 unspecified atom stereocenters. The van der Waals surface area contributed by atoms with Crippen LogP contribution in [0.4, 0.5) is 0 Å². The zero-order valence-electron chi connectivity index (χ0n) is 9.64. The molecule has 0 N–H and O–H groups in total. The van der Waals surface area contributed by atoms with Crippen LogP contribution < -0.4 is 5.56 Å². The minimum atomic E-state index is -0.539. The first-order valence-electron chi connectivity index (χ1n) is 5.27. The van der Waals surface area contributed by atoms with Crippen LogP contribution in [0.25, 0.3) is 10.8 Å². The van der Waals surface area contributed by atoms with Crippen LogP contribution in [0.1, 0.15) is 17.4 Å². The molecule has 0 radical (unpaired) electrons. The molecule has 0 aliphatic heterocycles. The summed E-state index contributed by atoms with van der Waals surface area (Å²) < 4.78 is 5.93. The van der Waals surface area contributed by atoms with Crippen molar-refractivity contribution in [1.82, 2.24) is 9.78 Å². The van der Waals surface area contributed by atoms with Gasteiger partial charge in [0, 0.05) is 11.9 Å². The number of nitrogens with zero attached hydrogens (tertiary/aromatic N) is 2. The van der Waals surface area contributed by atoms with Crippen LogP contribution in [0.2, 0.25) is 0 Å². The fraction of sp³-hybridized carbons (Fsp3) is 0.250. The van der Waals surface area contributed by atoms with Gasteiger partial charge in [-0.1, -0.05) is 18.2 Å². The summed E-state index contributed by atoms with van der Waals surface area (Å²) in [5.74, 6) is -0.539. The molecule has 0 aliphatic carbocycles. The molecule has 0 bridgehead atoms. The fourth-order valence-corrected chi connectivity index (χ4v) is 1.70. The molecule has 17 heavy (non-hydrogen) atoms. The molecule has 0 fully saturated rings. The van der Waals surface area contributed by atoms with Crippen LogP contribution in [-0.2, 0) is 11.3 Å². The monoisotopic (exact) mass is 232 g/mol. The van der Waals surface area contributed by atoms with Crippen molar-refractivity contribution in [2.45, 2.75) is 13.5 Å². The lowest BCUT2D eigenvalue weighted by Crippen LogP contribution is -2.25. The molecular weight excluding hydrogens is 220 g/mol. The fourth-order valence-electron chi connectivity index (χ4n) is 1.70. The Morgan fingerprint density at radius 2 is 2.00 bits per heavy atom. The Morgan fingerprint density at radius 1 is 1.35 bits per heavy atom. The Hall–Kier alpha value is -2.17. The highest BCUT2D eigenvalue weighted by Crippen LogP contribution is 2.13. The van der Waals surface area contributed by atoms with Gasteiger partial charge in [0.25, 0.3) is 5.56 Å². The molecule has 0 atom stereocenters. The summed E-state index contributed by atoms with van der Waals surface area (Å²) in [4.78, 5) is 23.6. The number of methoxy groups -OCH3 is 1. The average molecular weight is 232 g/mol. The Labute approximate surface area is 97.6 Å². The van der Waals surface area contributed by atoms with Crippen molar-refractivity contribution in [2.24, 2.45) is 0 Å². The summed E-state index contributed by atoms with van der Waals surface area (Å²) in [7, 11) is 1.29. The standard InChI is InChI=1S/C12H12N2O3/c1-3-14-11(15)9-7-5-4-6-8(9)10(13-14)12(16)17-2/h4-7H,3H2,1-2H3. The summed E-state index contributed by atoms with van der Waals surface area (Å²) in [6.45, 7) is 2.21. The van der Waals surface area contributed by atoms with Crippen molar-refractivity contribution in [3.63, 3.8) is 0 Å². The lowest BCUT2D eigenvalue weighted by molar-refractivity contribution is 0.0593. The van der Waals surface area contributed by atoms with Crippen molar-refractivity contribution in [3.05, 3.63) is 40.3 Å². The topological polar surface area (TPSA) is 61.2 Å². The smallest absolute Gasteiger partial charge is 0.359 e. The number of aryl methyl sites for hydroxylation is 1. The highest BCUT2D eigenvalue weighted by atomic mass is 16.5. The summed E-state index contributed by atoms with van der Waals surface area (Å²) in [6.07, 6.45) is 0. The van der Waals surface area contributed by atoms with Gasteiger partial charge in [-0.2, -0.15) is 5.10 Å². The Morgan fingerprint density at radius 3 is 2.59 bits per heavy atom. The molecule has 1 heterocycles. The third kappa shape index (κ3) is 1.80. The molecule has 2 aromatic rings. The van der Waals surface area contributed by atoms with Gasteiger partial charge in [0.15, 0.2) is 5.69 Å². The Bertz CT molecular complexity index is 631. The lowest BCUT2D eigenvalue weighted by atomic mass is 10.1. The van der Waals surface area contributed by atoms with Crippen molar-refractivity contribution in [1.29, 1.82) is 0 Å². The maximum absolute atomic E-state index is 12.0. The first kappa shape index (κ1) is 11.3. The largest absolute Gasteiger partial charge is 0.464 e. The first-order chi connectivity index (χ1) is 8.19. The number of rotatable bonds is 2. The van der Waals surface area contributed by atoms with Gasteiger partial charge in [-0.3, -0.25) is 4.79 Å². The molecule has 0 aliphatic rings. The number of hydrogen-bond donors (Lipinski definition) is 0. The molecule has 5 heteroatoms. The molecule has 2 rings (SSSR count). The summed E-state index contributed by atoms with van der Waals surface area (Å²) in [5, 5.41) is 5.02. The van der Waals surface area contributed by atoms with E-state index in [1.165, 1.54) is 11.8 Å². The zero-order chi connectivity index (χ0) is 12.4. The van der Waals surface area contributed by atoms with Crippen LogP contribution in [0, 0.1) is 0 Å². The van der Waals surface area contributed by atoms with Crippen molar-refractivity contribution in [3.8, 4) is 0 Å². The predicted molar refractivity (Wildman–Crippen MR) is 63.0 cm³/mol. The number of ether oxygens (including phenoxy) is 1. The number of carbonyl (C=O) groups excluding carboxylic acids is 1. The van der Waals surface area contributed by atoms with E-state index in [0.29, 0.717) is 17.3 Å². The second-order valence-electron chi connectivity index (χ2n) is 3.51. The number of carbonyl (C=O) groups is 1. The summed E-state index contributed by atoms with van der Waals surface area (Å²) >= 11 is 0. The van der Waals surface area contributed by atoms with E-state index < -0.39 is 5.97 Å². The van der Waals surface area contributed by atoms with E-state index in [2.05, 4.69) is 9.84 Å². The second-order valence-corrected chi connectivity index (χ2v) is 3.51. The summed E-state index contributed by atoms with van der Waals surface area (Å²) in [5.41, 5.74) is -0.0275. The van der Waals surface area contributed by atoms with Gasteiger partial charge in [-0.15, -0.1) is 0 Å². The molecular formula is C12H12N2O3. The highest BCUT2D eigenvalue weighted by molar-refractivity contribution is 6.01. The number of hydrogen-bond acceptors (Lipinski definition) is 4. The SMILES string of the molecule is CCn1nc(C(=O)OC)c2ccccc2c1=O. The third-order valence-electron chi connectivity index (χ3n) is 2.55. The number of benzene rings is 1. The van der Waals surface area contributed by atoms with Gasteiger partial charge in [-0.25, -0.2) is 9.48 Å². The van der Waals surface area contributed by atoms with Gasteiger partial charge in [0.05, 0.1) is 12.5 Å². The van der Waals surface area contributed by atoms with Gasteiger partial charge in [-0.05, 0) is 13.0 Å². The molecule has 0 saturated heterocycles. The van der Waals surface area contributed by atoms with Crippen LogP contribution in [0.15, 0.2) is 29.1 Å². The molecule has 0 amide bonds. The average Bonchev–Trinajstić information content (AvgIpc) is 2.38. The predicted octanol–water partition coefficient (Wildman–Crippen LogP) is 1.20. The van der Waals surface area contributed by atoms with Crippen molar-refractivity contribution in [2.75, 3.05) is 7.11 Å². The number of esters is 1. The number of fused-ring (bicyclic) bond motifs is 1. The van der Waals surface area contributed by atoms with Crippen molar-refractivity contribution >= 4 is 16.7 Å². The molecule has 0 saturated carbocycles. The van der Waals surface area contributed by atoms with Gasteiger partial charge < -0.3 is 4.74 Å². The number of aromatic nitrogens is 2. The lowest BCUT2D eigenvalue weighted by Gasteiger charge is -2.07. The van der Waals surface area contributed by atoms with E-state index in [-0.39, 0.29) is 11.3 Å². The van der Waals surface area contributed by atoms with E-state index in [1.54, 1.807) is 31.2 Å². The normalized spacial score (nSPS) is 10.5. The summed E-state index contributed by atoms with van der Waals surface area (Å²) in [6, 6.07) is 6.88. The van der Waals surface area contributed by atoms with Gasteiger partial charge in [0.1, 0.15) is 0 Å². The highest BCUT2D eigenvalue weighted by Gasteiger charge is 2.15. The van der Waals surface area contributed by atoms with Crippen molar-refractivity contribution < 1.29 is 9.53 Å². The van der Waals surface area contributed by atoms with Crippen LogP contribution in [-0.4, -0.2) is 22.9 Å². The quantitative estimate of drug-likeness (QED) is 0.730. The minimum absolute atomic E-state index is 0.171. The molecule has 1 aromatic heterocycles. The first-order valence-corrected chi connectivity index (χ1v) is 5.27. The Kier molecular flexibility index (Phi) is 2.91. The van der Waals surface area contributed by atoms with E-state index in [1.807, 2.05) is 0 Å². The molecule has 1 aromatic carbocycles. The Balaban J connectivity index is 2.88. The van der Waals surface area contributed by atoms with E-state index in [4.69, 9.17) is 0 Å². The van der Waals surface area contributed by atoms with Gasteiger partial charge >= 0.3 is 5.97 Å². The minimum Gasteiger partial charge on any atom is -0.464 e. The van der Waals surface area contributed by atoms with Crippen LogP contribution in [0.3, 0.4) is 0 Å². The molecule has 5 nitrogen and oxygen atoms in total. The van der Waals surface area contributed by atoms with E-state index >= 15 is 0 Å². The van der Waals surface area contributed by atoms with E-state index in [0.717, 1.165) is 0 Å². The van der Waals surface area contributed by atoms with Crippen LogP contribution in [0.5, 0.6) is 0 Å². The zero-order valence-corrected chi connectivity index (χ0v) is 9.64. The molecule has 88 valence electrons. The van der Waals surface area contributed by atoms with Crippen LogP contribution >= 0.6 is 0 Å². The molecule has 0 spiro atoms.